The lowest BCUT2D eigenvalue weighted by Crippen LogP contribution is -1.93. The normalized spacial score (nSPS) is 33.3. The molecule has 0 saturated heterocycles. The first-order chi connectivity index (χ1) is 5.76. The highest BCUT2D eigenvalue weighted by Gasteiger charge is 2.48. The van der Waals surface area contributed by atoms with Crippen LogP contribution in [-0.4, -0.2) is 0 Å². The average molecular weight is 160 g/mol. The second kappa shape index (κ2) is 2.62. The molecule has 1 fully saturated rings. The predicted molar refractivity (Wildman–Crippen MR) is 52.2 cm³/mol. The van der Waals surface area contributed by atoms with Gasteiger partial charge in [-0.05, 0) is 23.3 Å². The molecule has 0 aromatic heterocycles. The summed E-state index contributed by atoms with van der Waals surface area (Å²) in [5.74, 6) is 0.837. The summed E-state index contributed by atoms with van der Waals surface area (Å²) in [6.45, 7) is 4.69. The van der Waals surface area contributed by atoms with Crippen LogP contribution in [0.3, 0.4) is 0 Å². The van der Waals surface area contributed by atoms with Crippen molar-refractivity contribution in [3.63, 3.8) is 0 Å². The summed E-state index contributed by atoms with van der Waals surface area (Å²) in [5, 5.41) is 0. The van der Waals surface area contributed by atoms with Crippen molar-refractivity contribution >= 4 is 0 Å². The minimum Gasteiger partial charge on any atom is -0.0648 e. The van der Waals surface area contributed by atoms with Crippen LogP contribution in [0, 0.1) is 5.41 Å². The van der Waals surface area contributed by atoms with Crippen molar-refractivity contribution in [1.82, 2.24) is 0 Å². The van der Waals surface area contributed by atoms with Crippen LogP contribution in [-0.2, 0) is 0 Å². The van der Waals surface area contributed by atoms with E-state index in [1.54, 1.807) is 0 Å². The fraction of sp³-hybridized carbons (Fsp3) is 0.500. The fourth-order valence-corrected chi connectivity index (χ4v) is 2.00. The zero-order valence-electron chi connectivity index (χ0n) is 7.88. The molecule has 64 valence electrons. The van der Waals surface area contributed by atoms with Gasteiger partial charge in [0.2, 0.25) is 0 Å². The van der Waals surface area contributed by atoms with Crippen LogP contribution in [0.4, 0.5) is 0 Å². The van der Waals surface area contributed by atoms with Gasteiger partial charge in [0.15, 0.2) is 0 Å². The van der Waals surface area contributed by atoms with Gasteiger partial charge in [0.25, 0.3) is 0 Å². The van der Waals surface area contributed by atoms with E-state index in [-0.39, 0.29) is 0 Å². The molecule has 0 bridgehead atoms. The maximum atomic E-state index is 2.39. The van der Waals surface area contributed by atoms with Crippen LogP contribution in [0.5, 0.6) is 0 Å². The maximum Gasteiger partial charge on any atom is -0.0102 e. The summed E-state index contributed by atoms with van der Waals surface area (Å²) in [6.07, 6.45) is 2.69. The van der Waals surface area contributed by atoms with Gasteiger partial charge in [0.1, 0.15) is 0 Å². The summed E-state index contributed by atoms with van der Waals surface area (Å²) in [7, 11) is 0. The third-order valence-electron chi connectivity index (χ3n) is 3.36. The van der Waals surface area contributed by atoms with Gasteiger partial charge in [0.05, 0.1) is 0 Å². The van der Waals surface area contributed by atoms with Gasteiger partial charge < -0.3 is 0 Å². The Balaban J connectivity index is 2.16. The summed E-state index contributed by atoms with van der Waals surface area (Å²) in [6, 6.07) is 10.9. The molecule has 2 rings (SSSR count). The van der Waals surface area contributed by atoms with Crippen LogP contribution in [0.15, 0.2) is 30.3 Å². The molecule has 1 aliphatic rings. The molecule has 0 amide bonds. The molecular formula is C12H16. The molecular weight excluding hydrogens is 144 g/mol. The Morgan fingerprint density at radius 2 is 2.00 bits per heavy atom. The molecule has 0 nitrogen and oxygen atoms in total. The SMILES string of the molecule is CC[C@@]1(C)C[C@H]1c1ccccc1. The van der Waals surface area contributed by atoms with Crippen molar-refractivity contribution < 1.29 is 0 Å². The first-order valence-corrected chi connectivity index (χ1v) is 4.81. The Bertz CT molecular complexity index is 263. The van der Waals surface area contributed by atoms with E-state index in [9.17, 15) is 0 Å². The van der Waals surface area contributed by atoms with Crippen molar-refractivity contribution in [2.45, 2.75) is 32.6 Å². The lowest BCUT2D eigenvalue weighted by atomic mass is 9.99. The lowest BCUT2D eigenvalue weighted by Gasteiger charge is -2.06. The van der Waals surface area contributed by atoms with Gasteiger partial charge in [-0.15, -0.1) is 0 Å². The van der Waals surface area contributed by atoms with Gasteiger partial charge in [-0.2, -0.15) is 0 Å². The standard InChI is InChI=1S/C12H16/c1-3-12(2)9-11(12)10-7-5-4-6-8-10/h4-8,11H,3,9H2,1-2H3/t11-,12-/m0/s1. The Hall–Kier alpha value is -0.780. The molecule has 0 radical (unpaired) electrons. The van der Waals surface area contributed by atoms with Crippen LogP contribution >= 0.6 is 0 Å². The van der Waals surface area contributed by atoms with E-state index >= 15 is 0 Å². The van der Waals surface area contributed by atoms with Crippen molar-refractivity contribution in [2.24, 2.45) is 5.41 Å². The Morgan fingerprint density at radius 3 is 2.50 bits per heavy atom. The predicted octanol–water partition coefficient (Wildman–Crippen LogP) is 3.59. The highest BCUT2D eigenvalue weighted by molar-refractivity contribution is 5.28. The lowest BCUT2D eigenvalue weighted by molar-refractivity contribution is 0.528. The molecule has 1 aromatic carbocycles. The number of rotatable bonds is 2. The first-order valence-electron chi connectivity index (χ1n) is 4.81. The quantitative estimate of drug-likeness (QED) is 0.620. The largest absolute Gasteiger partial charge is 0.0648 e. The Morgan fingerprint density at radius 1 is 1.33 bits per heavy atom. The molecule has 1 saturated carbocycles. The van der Waals surface area contributed by atoms with Crippen molar-refractivity contribution in [1.29, 1.82) is 0 Å². The molecule has 0 unspecified atom stereocenters. The number of benzene rings is 1. The summed E-state index contributed by atoms with van der Waals surface area (Å²) >= 11 is 0. The Kier molecular flexibility index (Phi) is 1.71. The van der Waals surface area contributed by atoms with E-state index in [0.29, 0.717) is 5.41 Å². The topological polar surface area (TPSA) is 0 Å². The zero-order valence-corrected chi connectivity index (χ0v) is 7.88. The Labute approximate surface area is 74.6 Å². The zero-order chi connectivity index (χ0) is 8.60. The summed E-state index contributed by atoms with van der Waals surface area (Å²) in [4.78, 5) is 0. The third-order valence-corrected chi connectivity index (χ3v) is 3.36. The maximum absolute atomic E-state index is 2.39. The van der Waals surface area contributed by atoms with Gasteiger partial charge in [-0.25, -0.2) is 0 Å². The van der Waals surface area contributed by atoms with Gasteiger partial charge in [-0.3, -0.25) is 0 Å². The van der Waals surface area contributed by atoms with E-state index in [4.69, 9.17) is 0 Å². The van der Waals surface area contributed by atoms with Crippen LogP contribution in [0.2, 0.25) is 0 Å². The van der Waals surface area contributed by atoms with Gasteiger partial charge in [0, 0.05) is 0 Å². The minimum absolute atomic E-state index is 0.612. The van der Waals surface area contributed by atoms with Gasteiger partial charge >= 0.3 is 0 Å². The highest BCUT2D eigenvalue weighted by atomic mass is 14.5. The monoisotopic (exact) mass is 160 g/mol. The first kappa shape index (κ1) is 7.85. The van der Waals surface area contributed by atoms with E-state index in [0.717, 1.165) is 5.92 Å². The molecule has 12 heavy (non-hydrogen) atoms. The van der Waals surface area contributed by atoms with E-state index < -0.39 is 0 Å². The van der Waals surface area contributed by atoms with E-state index in [2.05, 4.69) is 44.2 Å². The fourth-order valence-electron chi connectivity index (χ4n) is 2.00. The second-order valence-corrected chi connectivity index (χ2v) is 4.17. The van der Waals surface area contributed by atoms with Crippen LogP contribution < -0.4 is 0 Å². The third kappa shape index (κ3) is 1.16. The molecule has 0 spiro atoms. The number of hydrogen-bond acceptors (Lipinski definition) is 0. The average Bonchev–Trinajstić information content (AvgIpc) is 2.81. The number of hydrogen-bond donors (Lipinski definition) is 0. The van der Waals surface area contributed by atoms with Crippen LogP contribution in [0.1, 0.15) is 38.2 Å². The molecule has 1 aliphatic carbocycles. The molecule has 0 aliphatic heterocycles. The molecule has 1 aromatic rings. The molecule has 0 N–H and O–H groups in total. The van der Waals surface area contributed by atoms with Gasteiger partial charge in [-0.1, -0.05) is 50.6 Å². The van der Waals surface area contributed by atoms with E-state index in [1.807, 2.05) is 0 Å². The summed E-state index contributed by atoms with van der Waals surface area (Å²) in [5.41, 5.74) is 2.14. The molecule has 0 heterocycles. The summed E-state index contributed by atoms with van der Waals surface area (Å²) < 4.78 is 0. The smallest absolute Gasteiger partial charge is 0.0102 e. The van der Waals surface area contributed by atoms with E-state index in [1.165, 1.54) is 18.4 Å². The van der Waals surface area contributed by atoms with Crippen molar-refractivity contribution in [3.8, 4) is 0 Å². The van der Waals surface area contributed by atoms with Crippen molar-refractivity contribution in [3.05, 3.63) is 35.9 Å². The highest BCUT2D eigenvalue weighted by Crippen LogP contribution is 2.60. The van der Waals surface area contributed by atoms with Crippen molar-refractivity contribution in [2.75, 3.05) is 0 Å². The second-order valence-electron chi connectivity index (χ2n) is 4.17. The molecule has 0 heteroatoms. The molecule has 2 atom stereocenters. The van der Waals surface area contributed by atoms with Crippen LogP contribution in [0.25, 0.3) is 0 Å². The minimum atomic E-state index is 0.612.